The summed E-state index contributed by atoms with van der Waals surface area (Å²) in [5, 5.41) is 62.4. The predicted octanol–water partition coefficient (Wildman–Crippen LogP) is 0.587. The molecule has 0 aliphatic carbocycles. The van der Waals surface area contributed by atoms with Crippen LogP contribution >= 0.6 is 11.6 Å². The number of carboxylic acids is 1. The van der Waals surface area contributed by atoms with Crippen LogP contribution in [0.3, 0.4) is 0 Å². The number of aliphatic hydroxyl groups is 3. The van der Waals surface area contributed by atoms with Gasteiger partial charge in [-0.25, -0.2) is 4.79 Å². The molecule has 0 saturated carbocycles. The number of carboxylic acid groups (broad SMARTS) is 1. The van der Waals surface area contributed by atoms with Crippen LogP contribution in [0.2, 0.25) is 5.02 Å². The first kappa shape index (κ1) is 29.2. The third-order valence-corrected chi connectivity index (χ3v) is 6.60. The Bertz CT molecular complexity index is 1420. The number of nitriles is 1. The van der Waals surface area contributed by atoms with E-state index in [9.17, 15) is 30.0 Å². The van der Waals surface area contributed by atoms with Crippen LogP contribution in [0.15, 0.2) is 36.5 Å². The van der Waals surface area contributed by atoms with E-state index in [1.54, 1.807) is 42.1 Å². The van der Waals surface area contributed by atoms with Gasteiger partial charge < -0.3 is 35.2 Å². The highest BCUT2D eigenvalue weighted by Crippen LogP contribution is 2.27. The Kier molecular flexibility index (Phi) is 8.84. The second kappa shape index (κ2) is 12.1. The number of rotatable bonds is 9. The number of aliphatic hydroxyl groups excluding tert-OH is 3. The minimum Gasteiger partial charge on any atom is -0.479 e. The summed E-state index contributed by atoms with van der Waals surface area (Å²) in [6.07, 6.45) is -7.82. The van der Waals surface area contributed by atoms with Gasteiger partial charge in [-0.15, -0.1) is 0 Å². The van der Waals surface area contributed by atoms with E-state index in [-0.39, 0.29) is 11.7 Å². The zero-order valence-electron chi connectivity index (χ0n) is 21.3. The number of aromatic amines is 1. The molecule has 0 spiro atoms. The molecule has 1 aliphatic heterocycles. The Balaban J connectivity index is 1.33. The molecule has 14 nitrogen and oxygen atoms in total. The van der Waals surface area contributed by atoms with Crippen molar-refractivity contribution >= 4 is 23.5 Å². The van der Waals surface area contributed by atoms with Gasteiger partial charge in [0.2, 0.25) is 0 Å². The van der Waals surface area contributed by atoms with E-state index >= 15 is 0 Å². The number of amides is 1. The predicted molar refractivity (Wildman–Crippen MR) is 137 cm³/mol. The van der Waals surface area contributed by atoms with Gasteiger partial charge in [0.15, 0.2) is 12.4 Å². The molecule has 7 atom stereocenters. The number of ether oxygens (including phenoxy) is 2. The Morgan fingerprint density at radius 1 is 1.23 bits per heavy atom. The van der Waals surface area contributed by atoms with E-state index in [1.165, 1.54) is 13.0 Å². The normalized spacial score (nSPS) is 24.2. The standard InChI is InChI=1S/C25H27ClN6O8/c1-11(10-32-6-5-16(31-32)13-3-4-14(9-27)15(26)7-13)28-23(36)18-8-17(29-30-18)12(2)39-25-21(35)19(33)20(34)22(40-25)24(37)38/h3-8,11-12,19-22,25,33-35H,10H2,1-2H3,(H,28,36)(H,29,30)(H,37,38)/t11-,12?,19-,20-,21+,22-,25+/m0/s1. The molecule has 6 N–H and O–H groups in total. The average molecular weight is 575 g/mol. The molecule has 1 unspecified atom stereocenters. The fourth-order valence-electron chi connectivity index (χ4n) is 4.11. The van der Waals surface area contributed by atoms with Gasteiger partial charge in [0.1, 0.15) is 30.1 Å². The molecule has 0 bridgehead atoms. The van der Waals surface area contributed by atoms with Crippen LogP contribution in [0.1, 0.15) is 41.7 Å². The number of halogens is 1. The smallest absolute Gasteiger partial charge is 0.335 e. The summed E-state index contributed by atoms with van der Waals surface area (Å²) in [4.78, 5) is 24.0. The van der Waals surface area contributed by atoms with Crippen molar-refractivity contribution in [1.82, 2.24) is 25.3 Å². The van der Waals surface area contributed by atoms with Crippen LogP contribution in [0.5, 0.6) is 0 Å². The third-order valence-electron chi connectivity index (χ3n) is 6.28. The number of hydrogen-bond donors (Lipinski definition) is 6. The minimum atomic E-state index is -1.84. The second-order valence-electron chi connectivity index (χ2n) is 9.33. The topological polar surface area (TPSA) is 216 Å². The molecule has 2 aromatic heterocycles. The summed E-state index contributed by atoms with van der Waals surface area (Å²) in [5.41, 5.74) is 2.14. The maximum absolute atomic E-state index is 12.7. The summed E-state index contributed by atoms with van der Waals surface area (Å²) in [6.45, 7) is 3.68. The van der Waals surface area contributed by atoms with Crippen LogP contribution in [-0.2, 0) is 20.8 Å². The maximum Gasteiger partial charge on any atom is 0.335 e. The monoisotopic (exact) mass is 574 g/mol. The molecule has 1 fully saturated rings. The first-order valence-electron chi connectivity index (χ1n) is 12.2. The average Bonchev–Trinajstić information content (AvgIpc) is 3.59. The lowest BCUT2D eigenvalue weighted by Crippen LogP contribution is -2.60. The third kappa shape index (κ3) is 6.31. The molecule has 212 valence electrons. The van der Waals surface area contributed by atoms with Crippen LogP contribution in [-0.4, -0.2) is 89.0 Å². The van der Waals surface area contributed by atoms with Crippen LogP contribution in [0.25, 0.3) is 11.3 Å². The molecular weight excluding hydrogens is 548 g/mol. The number of nitrogens with one attached hydrogen (secondary N) is 2. The highest BCUT2D eigenvalue weighted by atomic mass is 35.5. The Labute approximate surface area is 232 Å². The maximum atomic E-state index is 12.7. The molecule has 1 aliphatic rings. The number of nitrogens with zero attached hydrogens (tertiary/aromatic N) is 4. The van der Waals surface area contributed by atoms with Gasteiger partial charge in [-0.3, -0.25) is 14.6 Å². The van der Waals surface area contributed by atoms with Gasteiger partial charge in [0.05, 0.1) is 34.6 Å². The molecular formula is C25H27ClN6O8. The fraction of sp³-hybridized carbons (Fsp3) is 0.400. The number of H-pyrrole nitrogens is 1. The Hall–Kier alpha value is -3.84. The highest BCUT2D eigenvalue weighted by molar-refractivity contribution is 6.32. The summed E-state index contributed by atoms with van der Waals surface area (Å²) in [5.74, 6) is -2.01. The van der Waals surface area contributed by atoms with Gasteiger partial charge in [-0.1, -0.05) is 17.7 Å². The second-order valence-corrected chi connectivity index (χ2v) is 9.73. The molecule has 4 rings (SSSR count). The molecule has 1 amide bonds. The van der Waals surface area contributed by atoms with Crippen LogP contribution < -0.4 is 5.32 Å². The van der Waals surface area contributed by atoms with Crippen LogP contribution in [0.4, 0.5) is 0 Å². The summed E-state index contributed by atoms with van der Waals surface area (Å²) >= 11 is 6.11. The fourth-order valence-corrected chi connectivity index (χ4v) is 4.33. The Morgan fingerprint density at radius 2 is 1.98 bits per heavy atom. The number of aromatic nitrogens is 4. The summed E-state index contributed by atoms with van der Waals surface area (Å²) < 4.78 is 12.3. The van der Waals surface area contributed by atoms with E-state index < -0.39 is 48.7 Å². The van der Waals surface area contributed by atoms with Crippen molar-refractivity contribution in [2.45, 2.75) is 63.2 Å². The van der Waals surface area contributed by atoms with Crippen molar-refractivity contribution in [3.63, 3.8) is 0 Å². The highest BCUT2D eigenvalue weighted by Gasteiger charge is 2.48. The van der Waals surface area contributed by atoms with Crippen LogP contribution in [0, 0.1) is 11.3 Å². The number of carbonyl (C=O) groups is 2. The van der Waals surface area contributed by atoms with Gasteiger partial charge >= 0.3 is 5.97 Å². The van der Waals surface area contributed by atoms with Crippen molar-refractivity contribution < 1.29 is 39.5 Å². The number of benzene rings is 1. The quantitative estimate of drug-likeness (QED) is 0.208. The lowest BCUT2D eigenvalue weighted by atomic mass is 9.99. The van der Waals surface area contributed by atoms with Crippen molar-refractivity contribution in [3.05, 3.63) is 58.5 Å². The lowest BCUT2D eigenvalue weighted by molar-refractivity contribution is -0.304. The van der Waals surface area contributed by atoms with Gasteiger partial charge in [0, 0.05) is 17.8 Å². The molecule has 1 saturated heterocycles. The van der Waals surface area contributed by atoms with E-state index in [1.807, 2.05) is 6.07 Å². The SMILES string of the molecule is CC(O[C@@H]1O[C@H](C(=O)O)[C@@H](O)[C@H](O)[C@H]1O)c1cc(C(=O)N[C@@H](C)Cn2ccc(-c3ccc(C#N)c(Cl)c3)n2)n[nH]1. The zero-order chi connectivity index (χ0) is 29.1. The van der Waals surface area contributed by atoms with Crippen molar-refractivity contribution in [1.29, 1.82) is 5.26 Å². The first-order valence-corrected chi connectivity index (χ1v) is 12.5. The van der Waals surface area contributed by atoms with Crippen molar-refractivity contribution in [3.8, 4) is 17.3 Å². The molecule has 15 heteroatoms. The lowest BCUT2D eigenvalue weighted by Gasteiger charge is -2.39. The Morgan fingerprint density at radius 3 is 2.65 bits per heavy atom. The van der Waals surface area contributed by atoms with E-state index in [0.29, 0.717) is 28.5 Å². The number of aliphatic carboxylic acids is 1. The van der Waals surface area contributed by atoms with Gasteiger partial charge in [-0.2, -0.15) is 15.5 Å². The molecule has 40 heavy (non-hydrogen) atoms. The zero-order valence-corrected chi connectivity index (χ0v) is 22.1. The van der Waals surface area contributed by atoms with Crippen molar-refractivity contribution in [2.75, 3.05) is 0 Å². The van der Waals surface area contributed by atoms with E-state index in [2.05, 4.69) is 20.6 Å². The molecule has 3 heterocycles. The van der Waals surface area contributed by atoms with Gasteiger partial charge in [-0.05, 0) is 38.1 Å². The molecule has 1 aromatic carbocycles. The largest absolute Gasteiger partial charge is 0.479 e. The molecule has 3 aromatic rings. The summed E-state index contributed by atoms with van der Waals surface area (Å²) in [6, 6.07) is 9.91. The van der Waals surface area contributed by atoms with E-state index in [0.717, 1.165) is 5.56 Å². The first-order chi connectivity index (χ1) is 19.0. The molecule has 0 radical (unpaired) electrons. The summed E-state index contributed by atoms with van der Waals surface area (Å²) in [7, 11) is 0. The van der Waals surface area contributed by atoms with Gasteiger partial charge in [0.25, 0.3) is 5.91 Å². The number of hydrogen-bond acceptors (Lipinski definition) is 10. The van der Waals surface area contributed by atoms with E-state index in [4.69, 9.17) is 26.3 Å². The van der Waals surface area contributed by atoms with Crippen molar-refractivity contribution in [2.24, 2.45) is 0 Å². The minimum absolute atomic E-state index is 0.0506. The number of carbonyl (C=O) groups excluding carboxylic acids is 1.